The molecule has 0 saturated carbocycles. The molecule has 0 spiro atoms. The first-order chi connectivity index (χ1) is 14.7. The maximum absolute atomic E-state index is 10.7. The molecule has 1 N–H and O–H groups in total. The molecule has 3 aliphatic heterocycles. The van der Waals surface area contributed by atoms with Gasteiger partial charge in [-0.05, 0) is 67.5 Å². The van der Waals surface area contributed by atoms with E-state index in [-0.39, 0.29) is 5.92 Å². The number of oxazole rings is 1. The fraction of sp³-hybridized carbons (Fsp3) is 0.375. The first kappa shape index (κ1) is 18.3. The highest BCUT2D eigenvalue weighted by Crippen LogP contribution is 2.45. The molecule has 2 aromatic carbocycles. The minimum atomic E-state index is -0.874. The lowest BCUT2D eigenvalue weighted by atomic mass is 9.85. The summed E-state index contributed by atoms with van der Waals surface area (Å²) in [6, 6.07) is 7.69. The quantitative estimate of drug-likeness (QED) is 0.645. The van der Waals surface area contributed by atoms with E-state index >= 15 is 0 Å². The number of aliphatic hydroxyl groups excluding tert-OH is 1. The van der Waals surface area contributed by atoms with Crippen molar-refractivity contribution < 1.29 is 14.3 Å². The third-order valence-corrected chi connectivity index (χ3v) is 6.70. The van der Waals surface area contributed by atoms with Crippen molar-refractivity contribution in [1.82, 2.24) is 4.98 Å². The lowest BCUT2D eigenvalue weighted by Crippen LogP contribution is -2.37. The molecular formula is C24H23ClN2O3. The summed E-state index contributed by atoms with van der Waals surface area (Å²) in [6.07, 6.45) is 8.15. The molecule has 0 fully saturated rings. The molecule has 4 heterocycles. The van der Waals surface area contributed by atoms with Gasteiger partial charge >= 0.3 is 0 Å². The molecule has 1 aromatic heterocycles. The Kier molecular flexibility index (Phi) is 4.29. The summed E-state index contributed by atoms with van der Waals surface area (Å²) in [4.78, 5) is 6.96. The van der Waals surface area contributed by atoms with Gasteiger partial charge < -0.3 is 19.2 Å². The van der Waals surface area contributed by atoms with Crippen LogP contribution in [-0.4, -0.2) is 29.5 Å². The normalized spacial score (nSPS) is 22.8. The minimum absolute atomic E-state index is 0.148. The van der Waals surface area contributed by atoms with E-state index < -0.39 is 6.29 Å². The van der Waals surface area contributed by atoms with Crippen LogP contribution < -0.4 is 9.64 Å². The summed E-state index contributed by atoms with van der Waals surface area (Å²) in [5.74, 6) is 1.26. The Labute approximate surface area is 179 Å². The van der Waals surface area contributed by atoms with E-state index in [0.717, 1.165) is 50.0 Å². The topological polar surface area (TPSA) is 58.7 Å². The van der Waals surface area contributed by atoms with E-state index in [2.05, 4.69) is 16.0 Å². The molecule has 6 rings (SSSR count). The van der Waals surface area contributed by atoms with Crippen LogP contribution in [0.1, 0.15) is 35.4 Å². The van der Waals surface area contributed by atoms with Crippen LogP contribution in [0.25, 0.3) is 17.2 Å². The largest absolute Gasteiger partial charge is 0.464 e. The molecular weight excluding hydrogens is 400 g/mol. The summed E-state index contributed by atoms with van der Waals surface area (Å²) in [6.45, 7) is 2.25. The number of hydrogen-bond acceptors (Lipinski definition) is 5. The van der Waals surface area contributed by atoms with Crippen molar-refractivity contribution in [2.75, 3.05) is 18.0 Å². The predicted octanol–water partition coefficient (Wildman–Crippen LogP) is 4.76. The SMILES string of the molecule is OC1Oc2c(cc3c4c2CCCN4CCC3)CC1/C=C\c1nc2cc(Cl)ccc2o1. The van der Waals surface area contributed by atoms with Crippen LogP contribution in [0, 0.1) is 5.92 Å². The Morgan fingerprint density at radius 3 is 2.90 bits per heavy atom. The van der Waals surface area contributed by atoms with Crippen LogP contribution in [-0.2, 0) is 19.3 Å². The highest BCUT2D eigenvalue weighted by Gasteiger charge is 2.34. The number of benzene rings is 2. The third-order valence-electron chi connectivity index (χ3n) is 6.46. The fourth-order valence-corrected chi connectivity index (χ4v) is 5.28. The molecule has 6 heteroatoms. The Hall–Kier alpha value is -2.50. The van der Waals surface area contributed by atoms with Crippen molar-refractivity contribution in [3.05, 3.63) is 57.9 Å². The second-order valence-corrected chi connectivity index (χ2v) is 8.88. The van der Waals surface area contributed by atoms with Gasteiger partial charge in [0, 0.05) is 35.3 Å². The summed E-state index contributed by atoms with van der Waals surface area (Å²) >= 11 is 6.03. The average molecular weight is 423 g/mol. The number of fused-ring (bicyclic) bond motifs is 3. The van der Waals surface area contributed by atoms with Gasteiger partial charge in [0.15, 0.2) is 5.58 Å². The first-order valence-electron chi connectivity index (χ1n) is 10.7. The van der Waals surface area contributed by atoms with Crippen molar-refractivity contribution in [2.45, 2.75) is 38.4 Å². The first-order valence-corrected chi connectivity index (χ1v) is 11.0. The number of anilines is 1. The van der Waals surface area contributed by atoms with Gasteiger partial charge in [-0.2, -0.15) is 0 Å². The average Bonchev–Trinajstić information content (AvgIpc) is 3.15. The zero-order valence-corrected chi connectivity index (χ0v) is 17.4. The van der Waals surface area contributed by atoms with E-state index in [4.69, 9.17) is 20.8 Å². The van der Waals surface area contributed by atoms with E-state index in [0.29, 0.717) is 16.5 Å². The second kappa shape index (κ2) is 7.03. The zero-order chi connectivity index (χ0) is 20.2. The summed E-state index contributed by atoms with van der Waals surface area (Å²) < 4.78 is 11.9. The van der Waals surface area contributed by atoms with Crippen LogP contribution in [0.2, 0.25) is 5.02 Å². The molecule has 30 heavy (non-hydrogen) atoms. The fourth-order valence-electron chi connectivity index (χ4n) is 5.12. The molecule has 154 valence electrons. The molecule has 3 aromatic rings. The van der Waals surface area contributed by atoms with Crippen molar-refractivity contribution in [3.63, 3.8) is 0 Å². The number of halogens is 1. The maximum atomic E-state index is 10.7. The van der Waals surface area contributed by atoms with E-state index in [1.165, 1.54) is 28.8 Å². The Balaban J connectivity index is 1.31. The number of ether oxygens (including phenoxy) is 1. The van der Waals surface area contributed by atoms with Gasteiger partial charge in [0.05, 0.1) is 0 Å². The minimum Gasteiger partial charge on any atom is -0.464 e. The van der Waals surface area contributed by atoms with Gasteiger partial charge in [-0.25, -0.2) is 4.98 Å². The highest BCUT2D eigenvalue weighted by molar-refractivity contribution is 6.31. The Morgan fingerprint density at radius 1 is 1.13 bits per heavy atom. The molecule has 5 nitrogen and oxygen atoms in total. The van der Waals surface area contributed by atoms with Gasteiger partial charge in [-0.15, -0.1) is 0 Å². The van der Waals surface area contributed by atoms with Crippen molar-refractivity contribution in [3.8, 4) is 5.75 Å². The van der Waals surface area contributed by atoms with Gasteiger partial charge in [0.25, 0.3) is 0 Å². The van der Waals surface area contributed by atoms with Crippen LogP contribution >= 0.6 is 11.6 Å². The number of aromatic nitrogens is 1. The van der Waals surface area contributed by atoms with Crippen molar-refractivity contribution >= 4 is 34.5 Å². The maximum Gasteiger partial charge on any atom is 0.219 e. The summed E-state index contributed by atoms with van der Waals surface area (Å²) in [5, 5.41) is 11.4. The summed E-state index contributed by atoms with van der Waals surface area (Å²) in [7, 11) is 0. The lowest BCUT2D eigenvalue weighted by Gasteiger charge is -2.40. The van der Waals surface area contributed by atoms with Crippen LogP contribution in [0.4, 0.5) is 5.69 Å². The molecule has 3 aliphatic rings. The molecule has 2 atom stereocenters. The standard InChI is InChI=1S/C24H23ClN2O3/c25-17-6-7-20-19(13-17)26-21(29-20)8-5-15-12-16-11-14-3-1-9-27-10-2-4-18(22(14)27)23(16)30-24(15)28/h5-8,11,13,15,24,28H,1-4,9-10,12H2/b8-5-. The number of hydrogen-bond donors (Lipinski definition) is 1. The monoisotopic (exact) mass is 422 g/mol. The van der Waals surface area contributed by atoms with Crippen LogP contribution in [0.3, 0.4) is 0 Å². The highest BCUT2D eigenvalue weighted by atomic mass is 35.5. The third kappa shape index (κ3) is 2.99. The molecule has 2 unspecified atom stereocenters. The molecule has 0 radical (unpaired) electrons. The number of nitrogens with zero attached hydrogens (tertiary/aromatic N) is 2. The summed E-state index contributed by atoms with van der Waals surface area (Å²) in [5.41, 5.74) is 6.73. The van der Waals surface area contributed by atoms with Gasteiger partial charge in [0.2, 0.25) is 12.2 Å². The lowest BCUT2D eigenvalue weighted by molar-refractivity contribution is -0.0586. The van der Waals surface area contributed by atoms with Gasteiger partial charge in [0.1, 0.15) is 11.3 Å². The van der Waals surface area contributed by atoms with E-state index in [1.807, 2.05) is 18.2 Å². The van der Waals surface area contributed by atoms with E-state index in [9.17, 15) is 5.11 Å². The second-order valence-electron chi connectivity index (χ2n) is 8.44. The smallest absolute Gasteiger partial charge is 0.219 e. The van der Waals surface area contributed by atoms with Gasteiger partial charge in [-0.3, -0.25) is 0 Å². The Morgan fingerprint density at radius 2 is 2.00 bits per heavy atom. The molecule has 0 aliphatic carbocycles. The van der Waals surface area contributed by atoms with Gasteiger partial charge in [-0.1, -0.05) is 23.7 Å². The molecule has 0 saturated heterocycles. The number of aliphatic hydroxyl groups is 1. The molecule has 0 amide bonds. The number of rotatable bonds is 2. The van der Waals surface area contributed by atoms with Crippen molar-refractivity contribution in [2.24, 2.45) is 5.92 Å². The predicted molar refractivity (Wildman–Crippen MR) is 117 cm³/mol. The Bertz CT molecular complexity index is 1170. The van der Waals surface area contributed by atoms with Crippen molar-refractivity contribution in [1.29, 1.82) is 0 Å². The number of aryl methyl sites for hydroxylation is 1. The van der Waals surface area contributed by atoms with Crippen LogP contribution in [0.5, 0.6) is 5.75 Å². The molecule has 0 bridgehead atoms. The van der Waals surface area contributed by atoms with E-state index in [1.54, 1.807) is 12.1 Å². The zero-order valence-electron chi connectivity index (χ0n) is 16.6. The van der Waals surface area contributed by atoms with Crippen LogP contribution in [0.15, 0.2) is 34.8 Å².